The maximum absolute atomic E-state index is 5.54. The van der Waals surface area contributed by atoms with E-state index in [0.717, 1.165) is 11.1 Å². The Hall–Kier alpha value is -1.72. The molecule has 0 amide bonds. The third kappa shape index (κ3) is 2.66. The number of benzene rings is 1. The van der Waals surface area contributed by atoms with E-state index in [-0.39, 0.29) is 0 Å². The highest BCUT2D eigenvalue weighted by Gasteiger charge is 1.93. The summed E-state index contributed by atoms with van der Waals surface area (Å²) in [5.74, 6) is 5.71. The van der Waals surface area contributed by atoms with E-state index in [2.05, 4.69) is 18.4 Å². The van der Waals surface area contributed by atoms with Gasteiger partial charge in [0, 0.05) is 11.3 Å². The quantitative estimate of drug-likeness (QED) is 0.619. The Morgan fingerprint density at radius 1 is 1.46 bits per heavy atom. The fraction of sp³-hybridized carbons (Fsp3) is 0.0909. The summed E-state index contributed by atoms with van der Waals surface area (Å²) in [4.78, 5) is 0. The van der Waals surface area contributed by atoms with Gasteiger partial charge in [0.2, 0.25) is 0 Å². The zero-order chi connectivity index (χ0) is 9.68. The minimum Gasteiger partial charge on any atom is -0.399 e. The molecule has 4 N–H and O–H groups in total. The SMILES string of the molecule is C=C(N)c1cccc(C#CCN)c1. The number of hydrogen-bond donors (Lipinski definition) is 2. The van der Waals surface area contributed by atoms with Gasteiger partial charge in [-0.25, -0.2) is 0 Å². The summed E-state index contributed by atoms with van der Waals surface area (Å²) < 4.78 is 0. The van der Waals surface area contributed by atoms with Crippen LogP contribution in [0.15, 0.2) is 30.8 Å². The van der Waals surface area contributed by atoms with Crippen molar-refractivity contribution in [3.8, 4) is 11.8 Å². The van der Waals surface area contributed by atoms with Crippen molar-refractivity contribution >= 4 is 5.70 Å². The fourth-order valence-corrected chi connectivity index (χ4v) is 0.950. The van der Waals surface area contributed by atoms with Gasteiger partial charge in [-0.1, -0.05) is 30.6 Å². The lowest BCUT2D eigenvalue weighted by atomic mass is 10.1. The highest BCUT2D eigenvalue weighted by Crippen LogP contribution is 2.08. The van der Waals surface area contributed by atoms with Gasteiger partial charge < -0.3 is 11.5 Å². The zero-order valence-electron chi connectivity index (χ0n) is 7.38. The summed E-state index contributed by atoms with van der Waals surface area (Å²) in [5, 5.41) is 0. The lowest BCUT2D eigenvalue weighted by molar-refractivity contribution is 1.30. The topological polar surface area (TPSA) is 52.0 Å². The van der Waals surface area contributed by atoms with Gasteiger partial charge in [-0.05, 0) is 17.7 Å². The molecule has 0 aliphatic carbocycles. The van der Waals surface area contributed by atoms with E-state index in [4.69, 9.17) is 11.5 Å². The molecule has 0 aromatic heterocycles. The zero-order valence-corrected chi connectivity index (χ0v) is 7.38. The summed E-state index contributed by atoms with van der Waals surface area (Å²) in [6.07, 6.45) is 0. The first kappa shape index (κ1) is 9.37. The van der Waals surface area contributed by atoms with E-state index in [1.54, 1.807) is 0 Å². The highest BCUT2D eigenvalue weighted by molar-refractivity contribution is 5.61. The van der Waals surface area contributed by atoms with Crippen LogP contribution in [0.25, 0.3) is 5.70 Å². The van der Waals surface area contributed by atoms with Crippen LogP contribution in [0.1, 0.15) is 11.1 Å². The van der Waals surface area contributed by atoms with Gasteiger partial charge in [-0.15, -0.1) is 0 Å². The monoisotopic (exact) mass is 172 g/mol. The highest BCUT2D eigenvalue weighted by atomic mass is 14.6. The van der Waals surface area contributed by atoms with Crippen LogP contribution in [0.5, 0.6) is 0 Å². The molecule has 0 unspecified atom stereocenters. The summed E-state index contributed by atoms with van der Waals surface area (Å²) in [6, 6.07) is 7.60. The molecule has 0 fully saturated rings. The molecule has 66 valence electrons. The Balaban J connectivity index is 2.98. The maximum Gasteiger partial charge on any atom is 0.0555 e. The van der Waals surface area contributed by atoms with E-state index in [1.165, 1.54) is 0 Å². The molecule has 1 aromatic carbocycles. The molecule has 0 radical (unpaired) electrons. The van der Waals surface area contributed by atoms with Gasteiger partial charge in [-0.2, -0.15) is 0 Å². The second-order valence-corrected chi connectivity index (χ2v) is 2.61. The van der Waals surface area contributed by atoms with Gasteiger partial charge in [-0.3, -0.25) is 0 Å². The second kappa shape index (κ2) is 4.34. The Bertz CT molecular complexity index is 369. The molecular formula is C11H12N2. The molecule has 0 saturated carbocycles. The molecule has 13 heavy (non-hydrogen) atoms. The molecule has 1 aromatic rings. The van der Waals surface area contributed by atoms with Crippen LogP contribution in [0.4, 0.5) is 0 Å². The Morgan fingerprint density at radius 2 is 2.23 bits per heavy atom. The minimum absolute atomic E-state index is 0.369. The molecule has 0 saturated heterocycles. The third-order valence-electron chi connectivity index (χ3n) is 1.57. The van der Waals surface area contributed by atoms with E-state index >= 15 is 0 Å². The van der Waals surface area contributed by atoms with Crippen molar-refractivity contribution < 1.29 is 0 Å². The smallest absolute Gasteiger partial charge is 0.0555 e. The van der Waals surface area contributed by atoms with Crippen LogP contribution in [0.3, 0.4) is 0 Å². The number of hydrogen-bond acceptors (Lipinski definition) is 2. The lowest BCUT2D eigenvalue weighted by Gasteiger charge is -1.98. The van der Waals surface area contributed by atoms with Gasteiger partial charge in [0.15, 0.2) is 0 Å². The summed E-state index contributed by atoms with van der Waals surface area (Å²) >= 11 is 0. The van der Waals surface area contributed by atoms with Crippen molar-refractivity contribution in [2.45, 2.75) is 0 Å². The minimum atomic E-state index is 0.369. The van der Waals surface area contributed by atoms with Crippen LogP contribution in [-0.2, 0) is 0 Å². The molecule has 2 heteroatoms. The van der Waals surface area contributed by atoms with Crippen LogP contribution in [0, 0.1) is 11.8 Å². The Labute approximate surface area is 78.2 Å². The average Bonchev–Trinajstić information content (AvgIpc) is 2.15. The van der Waals surface area contributed by atoms with E-state index in [1.807, 2.05) is 24.3 Å². The maximum atomic E-state index is 5.54. The average molecular weight is 172 g/mol. The van der Waals surface area contributed by atoms with Crippen LogP contribution >= 0.6 is 0 Å². The van der Waals surface area contributed by atoms with Crippen LogP contribution < -0.4 is 11.5 Å². The molecular weight excluding hydrogens is 160 g/mol. The molecule has 0 atom stereocenters. The van der Waals surface area contributed by atoms with Crippen LogP contribution in [0.2, 0.25) is 0 Å². The molecule has 0 aliphatic heterocycles. The molecule has 0 spiro atoms. The summed E-state index contributed by atoms with van der Waals surface area (Å²) in [7, 11) is 0. The molecule has 0 bridgehead atoms. The first-order valence-corrected chi connectivity index (χ1v) is 3.98. The van der Waals surface area contributed by atoms with Crippen molar-refractivity contribution in [1.29, 1.82) is 0 Å². The van der Waals surface area contributed by atoms with Crippen molar-refractivity contribution in [3.05, 3.63) is 42.0 Å². The van der Waals surface area contributed by atoms with Crippen molar-refractivity contribution in [2.75, 3.05) is 6.54 Å². The van der Waals surface area contributed by atoms with E-state index in [0.29, 0.717) is 12.2 Å². The van der Waals surface area contributed by atoms with E-state index in [9.17, 15) is 0 Å². The van der Waals surface area contributed by atoms with Gasteiger partial charge >= 0.3 is 0 Å². The largest absolute Gasteiger partial charge is 0.399 e. The molecule has 1 rings (SSSR count). The predicted octanol–water partition coefficient (Wildman–Crippen LogP) is 0.926. The number of nitrogens with two attached hydrogens (primary N) is 2. The lowest BCUT2D eigenvalue weighted by Crippen LogP contribution is -1.95. The normalized spacial score (nSPS) is 8.69. The number of rotatable bonds is 1. The summed E-state index contributed by atoms with van der Waals surface area (Å²) in [5.41, 5.74) is 13.2. The standard InChI is InChI=1S/C11H12N2/c1-9(13)11-6-2-4-10(8-11)5-3-7-12/h2,4,6,8H,1,7,12-13H2. The Morgan fingerprint density at radius 3 is 2.85 bits per heavy atom. The fourth-order valence-electron chi connectivity index (χ4n) is 0.950. The van der Waals surface area contributed by atoms with Crippen molar-refractivity contribution in [1.82, 2.24) is 0 Å². The molecule has 2 nitrogen and oxygen atoms in total. The van der Waals surface area contributed by atoms with Gasteiger partial charge in [0.05, 0.1) is 6.54 Å². The molecule has 0 heterocycles. The predicted molar refractivity (Wildman–Crippen MR) is 55.6 cm³/mol. The van der Waals surface area contributed by atoms with Gasteiger partial charge in [0.25, 0.3) is 0 Å². The second-order valence-electron chi connectivity index (χ2n) is 2.61. The Kier molecular flexibility index (Phi) is 3.13. The first-order valence-electron chi connectivity index (χ1n) is 3.98. The van der Waals surface area contributed by atoms with E-state index < -0.39 is 0 Å². The van der Waals surface area contributed by atoms with Gasteiger partial charge in [0.1, 0.15) is 0 Å². The van der Waals surface area contributed by atoms with Crippen molar-refractivity contribution in [3.63, 3.8) is 0 Å². The van der Waals surface area contributed by atoms with Crippen molar-refractivity contribution in [2.24, 2.45) is 11.5 Å². The van der Waals surface area contributed by atoms with Crippen LogP contribution in [-0.4, -0.2) is 6.54 Å². The summed E-state index contributed by atoms with van der Waals surface area (Å²) in [6.45, 7) is 4.02. The third-order valence-corrected chi connectivity index (χ3v) is 1.57. The molecule has 0 aliphatic rings. The first-order chi connectivity index (χ1) is 6.24.